The van der Waals surface area contributed by atoms with Crippen molar-refractivity contribution in [3.8, 4) is 11.3 Å². The summed E-state index contributed by atoms with van der Waals surface area (Å²) < 4.78 is 54.5. The Bertz CT molecular complexity index is 549. The summed E-state index contributed by atoms with van der Waals surface area (Å²) in [6, 6.07) is 4.10. The van der Waals surface area contributed by atoms with Crippen LogP contribution in [0.3, 0.4) is 0 Å². The molecule has 0 aliphatic carbocycles. The fourth-order valence-corrected chi connectivity index (χ4v) is 1.39. The van der Waals surface area contributed by atoms with Crippen LogP contribution in [-0.2, 0) is 6.18 Å². The summed E-state index contributed by atoms with van der Waals surface area (Å²) in [7, 11) is 0. The van der Waals surface area contributed by atoms with E-state index in [1.165, 1.54) is 6.07 Å². The van der Waals surface area contributed by atoms with Crippen molar-refractivity contribution in [1.29, 1.82) is 0 Å². The fraction of sp³-hybridized carbons (Fsp3) is 0.100. The highest BCUT2D eigenvalue weighted by molar-refractivity contribution is 6.30. The Morgan fingerprint density at radius 1 is 1.18 bits per heavy atom. The molecule has 0 spiro atoms. The summed E-state index contributed by atoms with van der Waals surface area (Å²) >= 11 is 5.61. The average Bonchev–Trinajstić information content (AvgIpc) is 2.70. The highest BCUT2D eigenvalue weighted by Crippen LogP contribution is 2.33. The van der Waals surface area contributed by atoms with E-state index in [1.807, 2.05) is 0 Å². The molecule has 0 aliphatic heterocycles. The van der Waals surface area contributed by atoms with Crippen LogP contribution in [0.25, 0.3) is 11.3 Å². The van der Waals surface area contributed by atoms with Gasteiger partial charge in [0.25, 0.3) is 0 Å². The van der Waals surface area contributed by atoms with Gasteiger partial charge in [0, 0.05) is 11.1 Å². The fourth-order valence-electron chi connectivity index (χ4n) is 1.22. The molecule has 0 saturated heterocycles. The van der Waals surface area contributed by atoms with Crippen LogP contribution in [0.1, 0.15) is 5.69 Å². The number of rotatable bonds is 1. The van der Waals surface area contributed by atoms with E-state index >= 15 is 0 Å². The minimum Gasteiger partial charge on any atom is -0.356 e. The van der Waals surface area contributed by atoms with Gasteiger partial charge in [0.15, 0.2) is 11.5 Å². The maximum absolute atomic E-state index is 13.3. The summed E-state index contributed by atoms with van der Waals surface area (Å²) in [5, 5.41) is 3.01. The zero-order chi connectivity index (χ0) is 12.6. The lowest BCUT2D eigenvalue weighted by Crippen LogP contribution is -2.04. The number of nitrogens with zero attached hydrogens (tertiary/aromatic N) is 1. The standard InChI is InChI=1S/C10H4ClF4NO/c11-5-1-2-7(12)6(3-5)8-4-9(16-17-8)10(13,14)15/h1-4H. The molecule has 0 N–H and O–H groups in total. The van der Waals surface area contributed by atoms with Gasteiger partial charge in [-0.15, -0.1) is 0 Å². The van der Waals surface area contributed by atoms with Gasteiger partial charge in [-0.3, -0.25) is 0 Å². The first kappa shape index (κ1) is 11.9. The molecule has 17 heavy (non-hydrogen) atoms. The summed E-state index contributed by atoms with van der Waals surface area (Å²) in [6.07, 6.45) is -4.63. The second-order valence-corrected chi connectivity index (χ2v) is 3.63. The lowest BCUT2D eigenvalue weighted by atomic mass is 10.1. The summed E-state index contributed by atoms with van der Waals surface area (Å²) in [4.78, 5) is 0. The van der Waals surface area contributed by atoms with Crippen LogP contribution < -0.4 is 0 Å². The van der Waals surface area contributed by atoms with Crippen molar-refractivity contribution in [2.45, 2.75) is 6.18 Å². The Balaban J connectivity index is 2.47. The van der Waals surface area contributed by atoms with E-state index in [9.17, 15) is 17.6 Å². The average molecular weight is 266 g/mol. The Morgan fingerprint density at radius 2 is 1.88 bits per heavy atom. The largest absolute Gasteiger partial charge is 0.436 e. The Morgan fingerprint density at radius 3 is 2.47 bits per heavy atom. The number of alkyl halides is 3. The first-order valence-electron chi connectivity index (χ1n) is 4.37. The number of halogens is 5. The summed E-state index contributed by atoms with van der Waals surface area (Å²) in [5.74, 6) is -1.06. The Labute approximate surface area is 97.8 Å². The number of hydrogen-bond donors (Lipinski definition) is 0. The molecule has 90 valence electrons. The molecule has 0 fully saturated rings. The van der Waals surface area contributed by atoms with E-state index in [1.54, 1.807) is 0 Å². The van der Waals surface area contributed by atoms with Gasteiger partial charge in [-0.25, -0.2) is 4.39 Å². The maximum Gasteiger partial charge on any atom is 0.436 e. The minimum atomic E-state index is -4.63. The van der Waals surface area contributed by atoms with Crippen molar-refractivity contribution >= 4 is 11.6 Å². The third-order valence-corrected chi connectivity index (χ3v) is 2.23. The zero-order valence-corrected chi connectivity index (χ0v) is 8.81. The van der Waals surface area contributed by atoms with Crippen molar-refractivity contribution in [1.82, 2.24) is 5.16 Å². The van der Waals surface area contributed by atoms with Crippen molar-refractivity contribution < 1.29 is 22.1 Å². The van der Waals surface area contributed by atoms with Crippen LogP contribution in [0.2, 0.25) is 5.02 Å². The van der Waals surface area contributed by atoms with Gasteiger partial charge in [0.1, 0.15) is 5.82 Å². The molecule has 7 heteroatoms. The lowest BCUT2D eigenvalue weighted by molar-refractivity contribution is -0.142. The van der Waals surface area contributed by atoms with Crippen molar-refractivity contribution in [3.05, 3.63) is 40.8 Å². The number of benzene rings is 1. The first-order valence-corrected chi connectivity index (χ1v) is 4.75. The molecule has 1 aromatic heterocycles. The predicted molar refractivity (Wildman–Crippen MR) is 51.9 cm³/mol. The second kappa shape index (κ2) is 4.03. The van der Waals surface area contributed by atoms with Gasteiger partial charge in [-0.05, 0) is 18.2 Å². The summed E-state index contributed by atoms with van der Waals surface area (Å²) in [5.41, 5.74) is -1.38. The molecule has 2 aromatic rings. The molecule has 0 amide bonds. The normalized spacial score (nSPS) is 11.8. The van der Waals surface area contributed by atoms with Crippen molar-refractivity contribution in [2.75, 3.05) is 0 Å². The number of hydrogen-bond acceptors (Lipinski definition) is 2. The van der Waals surface area contributed by atoms with Gasteiger partial charge in [-0.2, -0.15) is 13.2 Å². The van der Waals surface area contributed by atoms with Crippen LogP contribution in [0, 0.1) is 5.82 Å². The molecule has 0 unspecified atom stereocenters. The molecule has 1 heterocycles. The molecular formula is C10H4ClF4NO. The van der Waals surface area contributed by atoms with E-state index in [2.05, 4.69) is 9.68 Å². The predicted octanol–water partition coefficient (Wildman–Crippen LogP) is 4.15. The maximum atomic E-state index is 13.3. The van der Waals surface area contributed by atoms with E-state index in [-0.39, 0.29) is 16.3 Å². The van der Waals surface area contributed by atoms with Gasteiger partial charge in [0.2, 0.25) is 0 Å². The molecule has 1 aromatic carbocycles. The molecular weight excluding hydrogens is 262 g/mol. The molecule has 0 radical (unpaired) electrons. The molecule has 0 aliphatic rings. The van der Waals surface area contributed by atoms with E-state index in [0.29, 0.717) is 6.07 Å². The van der Waals surface area contributed by atoms with Crippen molar-refractivity contribution in [3.63, 3.8) is 0 Å². The van der Waals surface area contributed by atoms with Gasteiger partial charge in [0.05, 0.1) is 5.56 Å². The molecule has 0 bridgehead atoms. The van der Waals surface area contributed by atoms with E-state index < -0.39 is 17.7 Å². The first-order chi connectivity index (χ1) is 7.88. The van der Waals surface area contributed by atoms with E-state index in [0.717, 1.165) is 12.1 Å². The molecule has 0 atom stereocenters. The quantitative estimate of drug-likeness (QED) is 0.724. The van der Waals surface area contributed by atoms with Crippen molar-refractivity contribution in [2.24, 2.45) is 0 Å². The Hall–Kier alpha value is -1.56. The van der Waals surface area contributed by atoms with Gasteiger partial charge in [-0.1, -0.05) is 16.8 Å². The zero-order valence-electron chi connectivity index (χ0n) is 8.05. The second-order valence-electron chi connectivity index (χ2n) is 3.20. The molecule has 2 rings (SSSR count). The highest BCUT2D eigenvalue weighted by Gasteiger charge is 2.35. The molecule has 2 nitrogen and oxygen atoms in total. The van der Waals surface area contributed by atoms with Crippen LogP contribution in [0.15, 0.2) is 28.8 Å². The number of aromatic nitrogens is 1. The third kappa shape index (κ3) is 2.41. The monoisotopic (exact) mass is 265 g/mol. The smallest absolute Gasteiger partial charge is 0.356 e. The van der Waals surface area contributed by atoms with Gasteiger partial charge >= 0.3 is 6.18 Å². The highest BCUT2D eigenvalue weighted by atomic mass is 35.5. The molecule has 0 saturated carbocycles. The third-order valence-electron chi connectivity index (χ3n) is 1.99. The lowest BCUT2D eigenvalue weighted by Gasteiger charge is -1.99. The topological polar surface area (TPSA) is 26.0 Å². The van der Waals surface area contributed by atoms with Crippen LogP contribution >= 0.6 is 11.6 Å². The minimum absolute atomic E-state index is 0.166. The van der Waals surface area contributed by atoms with E-state index in [4.69, 9.17) is 11.6 Å². The SMILES string of the molecule is Fc1ccc(Cl)cc1-c1cc(C(F)(F)F)no1. The van der Waals surface area contributed by atoms with Crippen LogP contribution in [0.4, 0.5) is 17.6 Å². The van der Waals surface area contributed by atoms with Gasteiger partial charge < -0.3 is 4.52 Å². The van der Waals surface area contributed by atoms with Crippen LogP contribution in [-0.4, -0.2) is 5.16 Å². The Kier molecular flexibility index (Phi) is 2.82. The van der Waals surface area contributed by atoms with Crippen LogP contribution in [0.5, 0.6) is 0 Å². The summed E-state index contributed by atoms with van der Waals surface area (Å²) in [6.45, 7) is 0.